The van der Waals surface area contributed by atoms with Gasteiger partial charge in [0.1, 0.15) is 10.7 Å². The zero-order chi connectivity index (χ0) is 18.2. The molecule has 0 spiro atoms. The lowest BCUT2D eigenvalue weighted by Crippen LogP contribution is -2.27. The fraction of sp³-hybridized carbons (Fsp3) is 0.188. The molecule has 0 unspecified atom stereocenters. The summed E-state index contributed by atoms with van der Waals surface area (Å²) in [6, 6.07) is 6.64. The second-order valence-electron chi connectivity index (χ2n) is 5.39. The fourth-order valence-corrected chi connectivity index (χ4v) is 4.00. The predicted octanol–water partition coefficient (Wildman–Crippen LogP) is 3.62. The largest absolute Gasteiger partial charge is 0.478 e. The molecule has 5 nitrogen and oxygen atoms in total. The summed E-state index contributed by atoms with van der Waals surface area (Å²) in [6.45, 7) is 3.65. The number of rotatable bonds is 4. The number of aromatic carboxylic acids is 1. The third kappa shape index (κ3) is 3.37. The third-order valence-corrected chi connectivity index (χ3v) is 5.71. The molecule has 0 saturated carbocycles. The van der Waals surface area contributed by atoms with E-state index in [0.29, 0.717) is 11.8 Å². The molecular weight excluding hydrogens is 357 g/mol. The van der Waals surface area contributed by atoms with Crippen LogP contribution in [0.1, 0.15) is 21.5 Å². The highest BCUT2D eigenvalue weighted by Gasteiger charge is 2.27. The molecular formula is C16H15ClFNO4S. The van der Waals surface area contributed by atoms with E-state index < -0.39 is 32.3 Å². The summed E-state index contributed by atoms with van der Waals surface area (Å²) in [6.07, 6.45) is 0. The van der Waals surface area contributed by atoms with Crippen LogP contribution in [0.25, 0.3) is 0 Å². The molecule has 0 amide bonds. The average molecular weight is 372 g/mol. The average Bonchev–Trinajstić information content (AvgIpc) is 2.44. The third-order valence-electron chi connectivity index (χ3n) is 3.46. The van der Waals surface area contributed by atoms with Crippen LogP contribution >= 0.6 is 11.6 Å². The lowest BCUT2D eigenvalue weighted by molar-refractivity contribution is 0.0691. The maximum Gasteiger partial charge on any atom is 0.338 e. The van der Waals surface area contributed by atoms with Gasteiger partial charge in [-0.25, -0.2) is 17.6 Å². The van der Waals surface area contributed by atoms with Gasteiger partial charge in [0.05, 0.1) is 16.3 Å². The van der Waals surface area contributed by atoms with Crippen LogP contribution in [0.2, 0.25) is 5.02 Å². The molecule has 0 saturated heterocycles. The highest BCUT2D eigenvalue weighted by molar-refractivity contribution is 7.93. The summed E-state index contributed by atoms with van der Waals surface area (Å²) in [5, 5.41) is 8.60. The summed E-state index contributed by atoms with van der Waals surface area (Å²) in [5.74, 6) is -2.67. The highest BCUT2D eigenvalue weighted by atomic mass is 35.5. The Balaban J connectivity index is 2.62. The number of sulfonamides is 1. The molecule has 24 heavy (non-hydrogen) atoms. The van der Waals surface area contributed by atoms with Crippen LogP contribution in [0, 0.1) is 19.7 Å². The van der Waals surface area contributed by atoms with Crippen molar-refractivity contribution < 1.29 is 22.7 Å². The normalized spacial score (nSPS) is 11.4. The van der Waals surface area contributed by atoms with Gasteiger partial charge in [0.2, 0.25) is 0 Å². The van der Waals surface area contributed by atoms with Gasteiger partial charge in [-0.1, -0.05) is 17.7 Å². The van der Waals surface area contributed by atoms with Gasteiger partial charge in [-0.2, -0.15) is 0 Å². The van der Waals surface area contributed by atoms with Crippen molar-refractivity contribution in [3.05, 3.63) is 57.9 Å². The van der Waals surface area contributed by atoms with Gasteiger partial charge in [0, 0.05) is 7.05 Å². The summed E-state index contributed by atoms with van der Waals surface area (Å²) in [7, 11) is -2.83. The van der Waals surface area contributed by atoms with Crippen molar-refractivity contribution in [3.8, 4) is 0 Å². The Bertz CT molecular complexity index is 908. The summed E-state index contributed by atoms with van der Waals surface area (Å²) in [4.78, 5) is 10.6. The first kappa shape index (κ1) is 18.2. The zero-order valence-corrected chi connectivity index (χ0v) is 14.7. The van der Waals surface area contributed by atoms with Crippen molar-refractivity contribution in [2.45, 2.75) is 18.7 Å². The molecule has 0 aromatic heterocycles. The van der Waals surface area contributed by atoms with Gasteiger partial charge >= 0.3 is 5.97 Å². The van der Waals surface area contributed by atoms with E-state index in [1.54, 1.807) is 12.1 Å². The fourth-order valence-electron chi connectivity index (χ4n) is 2.31. The summed E-state index contributed by atoms with van der Waals surface area (Å²) < 4.78 is 40.2. The van der Waals surface area contributed by atoms with E-state index in [9.17, 15) is 17.6 Å². The van der Waals surface area contributed by atoms with Crippen LogP contribution in [0.5, 0.6) is 0 Å². The summed E-state index contributed by atoms with van der Waals surface area (Å²) >= 11 is 5.85. The molecule has 2 aromatic carbocycles. The molecule has 128 valence electrons. The Labute approximate surface area is 144 Å². The van der Waals surface area contributed by atoms with E-state index in [-0.39, 0.29) is 5.02 Å². The number of carboxylic acid groups (broad SMARTS) is 1. The SMILES string of the molecule is Cc1cc(C)cc(N(C)S(=O)(=O)c2cc(C(=O)O)c(F)cc2Cl)c1. The van der Waals surface area contributed by atoms with Crippen molar-refractivity contribution in [2.75, 3.05) is 11.4 Å². The van der Waals surface area contributed by atoms with E-state index in [4.69, 9.17) is 16.7 Å². The van der Waals surface area contributed by atoms with E-state index in [1.807, 2.05) is 19.9 Å². The van der Waals surface area contributed by atoms with Crippen molar-refractivity contribution in [3.63, 3.8) is 0 Å². The Morgan fingerprint density at radius 1 is 1.12 bits per heavy atom. The lowest BCUT2D eigenvalue weighted by atomic mass is 10.1. The number of carbonyl (C=O) groups is 1. The van der Waals surface area contributed by atoms with Gasteiger partial charge in [-0.05, 0) is 49.2 Å². The zero-order valence-electron chi connectivity index (χ0n) is 13.2. The molecule has 8 heteroatoms. The van der Waals surface area contributed by atoms with Crippen LogP contribution in [-0.4, -0.2) is 26.5 Å². The van der Waals surface area contributed by atoms with Gasteiger partial charge in [0.15, 0.2) is 0 Å². The van der Waals surface area contributed by atoms with Gasteiger partial charge in [-0.15, -0.1) is 0 Å². The minimum atomic E-state index is -4.16. The van der Waals surface area contributed by atoms with E-state index in [2.05, 4.69) is 0 Å². The minimum Gasteiger partial charge on any atom is -0.478 e. The Morgan fingerprint density at radius 3 is 2.17 bits per heavy atom. The van der Waals surface area contributed by atoms with Crippen LogP contribution in [0.15, 0.2) is 35.2 Å². The Kier molecular flexibility index (Phi) is 4.87. The first-order valence-electron chi connectivity index (χ1n) is 6.83. The molecule has 1 N–H and O–H groups in total. The number of halogens is 2. The van der Waals surface area contributed by atoms with Gasteiger partial charge < -0.3 is 5.11 Å². The molecule has 0 aliphatic carbocycles. The monoisotopic (exact) mass is 371 g/mol. The standard InChI is InChI=1S/C16H15ClFNO4S/c1-9-4-10(2)6-11(5-9)19(3)24(22,23)15-7-12(16(20)21)14(18)8-13(15)17/h4-8H,1-3H3,(H,20,21). The number of anilines is 1. The molecule has 2 rings (SSSR count). The van der Waals surface area contributed by atoms with Crippen molar-refractivity contribution >= 4 is 33.3 Å². The number of aryl methyl sites for hydroxylation is 2. The molecule has 0 atom stereocenters. The molecule has 0 aliphatic rings. The van der Waals surface area contributed by atoms with Crippen molar-refractivity contribution in [1.29, 1.82) is 0 Å². The quantitative estimate of drug-likeness (QED) is 0.890. The maximum absolute atomic E-state index is 13.6. The van der Waals surface area contributed by atoms with Gasteiger partial charge in [0.25, 0.3) is 10.0 Å². The minimum absolute atomic E-state index is 0.381. The second-order valence-corrected chi connectivity index (χ2v) is 7.73. The maximum atomic E-state index is 13.6. The second kappa shape index (κ2) is 6.41. The summed E-state index contributed by atoms with van der Waals surface area (Å²) in [5.41, 5.74) is 1.36. The van der Waals surface area contributed by atoms with Crippen LogP contribution in [-0.2, 0) is 10.0 Å². The first-order valence-corrected chi connectivity index (χ1v) is 8.65. The van der Waals surface area contributed by atoms with Crippen LogP contribution < -0.4 is 4.31 Å². The van der Waals surface area contributed by atoms with Crippen molar-refractivity contribution in [2.24, 2.45) is 0 Å². The topological polar surface area (TPSA) is 74.7 Å². The smallest absolute Gasteiger partial charge is 0.338 e. The number of benzene rings is 2. The molecule has 0 aliphatic heterocycles. The Hall–Kier alpha value is -2.12. The lowest BCUT2D eigenvalue weighted by Gasteiger charge is -2.21. The Morgan fingerprint density at radius 2 is 1.67 bits per heavy atom. The number of hydrogen-bond donors (Lipinski definition) is 1. The van der Waals surface area contributed by atoms with Crippen LogP contribution in [0.4, 0.5) is 10.1 Å². The predicted molar refractivity (Wildman–Crippen MR) is 89.9 cm³/mol. The van der Waals surface area contributed by atoms with E-state index in [1.165, 1.54) is 7.05 Å². The van der Waals surface area contributed by atoms with E-state index in [0.717, 1.165) is 21.5 Å². The molecule has 2 aromatic rings. The first-order chi connectivity index (χ1) is 11.0. The molecule has 0 heterocycles. The number of hydrogen-bond acceptors (Lipinski definition) is 3. The van der Waals surface area contributed by atoms with Gasteiger partial charge in [-0.3, -0.25) is 4.31 Å². The molecule has 0 bridgehead atoms. The van der Waals surface area contributed by atoms with Crippen LogP contribution in [0.3, 0.4) is 0 Å². The molecule has 0 fully saturated rings. The van der Waals surface area contributed by atoms with Crippen molar-refractivity contribution in [1.82, 2.24) is 0 Å². The molecule has 0 radical (unpaired) electrons. The highest BCUT2D eigenvalue weighted by Crippen LogP contribution is 2.30. The van der Waals surface area contributed by atoms with E-state index >= 15 is 0 Å². The number of nitrogens with zero attached hydrogens (tertiary/aromatic N) is 1. The number of carboxylic acids is 1.